The molecule has 1 unspecified atom stereocenters. The quantitative estimate of drug-likeness (QED) is 0.799. The Labute approximate surface area is 124 Å². The number of carbonyl (C=O) groups is 1. The fraction of sp³-hybridized carbons (Fsp3) is 0.235. The minimum Gasteiger partial charge on any atom is -0.481 e. The highest BCUT2D eigenvalue weighted by Gasteiger charge is 2.18. The van der Waals surface area contributed by atoms with Gasteiger partial charge in [-0.05, 0) is 24.6 Å². The van der Waals surface area contributed by atoms with Crippen molar-refractivity contribution in [1.82, 2.24) is 0 Å². The van der Waals surface area contributed by atoms with Gasteiger partial charge in [0.25, 0.3) is 0 Å². The molecule has 2 aromatic rings. The van der Waals surface area contributed by atoms with Gasteiger partial charge in [0.1, 0.15) is 0 Å². The number of nitrogens with zero attached hydrogens (tertiary/aromatic N) is 1. The number of benzene rings is 2. The number of carboxylic acid groups (broad SMARTS) is 1. The van der Waals surface area contributed by atoms with Crippen LogP contribution in [0.1, 0.15) is 24.9 Å². The third kappa shape index (κ3) is 3.75. The van der Waals surface area contributed by atoms with Crippen LogP contribution in [0, 0.1) is 0 Å². The molecule has 0 amide bonds. The number of carboxylic acids is 1. The van der Waals surface area contributed by atoms with E-state index in [9.17, 15) is 4.79 Å². The van der Waals surface area contributed by atoms with Gasteiger partial charge in [-0.25, -0.2) is 0 Å². The Morgan fingerprint density at radius 2 is 1.76 bits per heavy atom. The third-order valence-corrected chi connectivity index (χ3v) is 3.56. The summed E-state index contributed by atoms with van der Waals surface area (Å²) in [7, 11) is 0. The Hall–Kier alpha value is -2.49. The third-order valence-electron chi connectivity index (χ3n) is 3.56. The van der Waals surface area contributed by atoms with Crippen molar-refractivity contribution in [1.29, 1.82) is 0 Å². The number of aliphatic carboxylic acids is 1. The molecule has 0 radical (unpaired) electrons. The molecule has 0 aromatic heterocycles. The van der Waals surface area contributed by atoms with Crippen LogP contribution >= 0.6 is 0 Å². The predicted octanol–water partition coefficient (Wildman–Crippen LogP) is 3.31. The van der Waals surface area contributed by atoms with Gasteiger partial charge >= 0.3 is 5.97 Å². The van der Waals surface area contributed by atoms with E-state index in [0.717, 1.165) is 11.3 Å². The molecule has 0 saturated heterocycles. The molecule has 0 bridgehead atoms. The number of para-hydroxylation sites is 2. The van der Waals surface area contributed by atoms with Gasteiger partial charge in [0.2, 0.25) is 0 Å². The molecule has 0 aliphatic rings. The lowest BCUT2D eigenvalue weighted by molar-refractivity contribution is -0.136. The van der Waals surface area contributed by atoms with Crippen molar-refractivity contribution >= 4 is 17.3 Å². The van der Waals surface area contributed by atoms with Crippen LogP contribution in [-0.2, 0) is 4.79 Å². The van der Waals surface area contributed by atoms with Crippen LogP contribution in [0.4, 0.5) is 11.4 Å². The molecular weight excluding hydrogens is 264 g/mol. The second-order valence-electron chi connectivity index (χ2n) is 4.98. The molecule has 0 spiro atoms. The first-order valence-electron chi connectivity index (χ1n) is 6.97. The molecule has 110 valence electrons. The summed E-state index contributed by atoms with van der Waals surface area (Å²) >= 11 is 0. The maximum atomic E-state index is 10.9. The highest BCUT2D eigenvalue weighted by molar-refractivity contribution is 5.71. The van der Waals surface area contributed by atoms with Gasteiger partial charge in [0.15, 0.2) is 0 Å². The normalized spacial score (nSPS) is 11.9. The maximum Gasteiger partial charge on any atom is 0.305 e. The molecule has 4 heteroatoms. The predicted molar refractivity (Wildman–Crippen MR) is 85.3 cm³/mol. The number of nitrogens with two attached hydrogens (primary N) is 1. The first-order chi connectivity index (χ1) is 10.1. The van der Waals surface area contributed by atoms with Gasteiger partial charge in [-0.1, -0.05) is 42.5 Å². The van der Waals surface area contributed by atoms with Crippen LogP contribution in [0.5, 0.6) is 0 Å². The molecule has 0 aliphatic carbocycles. The van der Waals surface area contributed by atoms with Crippen molar-refractivity contribution in [3.8, 4) is 0 Å². The molecule has 0 fully saturated rings. The first kappa shape index (κ1) is 14.9. The second-order valence-corrected chi connectivity index (χ2v) is 4.98. The lowest BCUT2D eigenvalue weighted by Gasteiger charge is -2.32. The Bertz CT molecular complexity index is 599. The fourth-order valence-corrected chi connectivity index (χ4v) is 2.40. The van der Waals surface area contributed by atoms with Gasteiger partial charge in [-0.3, -0.25) is 4.79 Å². The second kappa shape index (κ2) is 6.79. The first-order valence-corrected chi connectivity index (χ1v) is 6.97. The van der Waals surface area contributed by atoms with E-state index in [2.05, 4.69) is 6.92 Å². The van der Waals surface area contributed by atoms with E-state index in [1.54, 1.807) is 0 Å². The van der Waals surface area contributed by atoms with Crippen molar-refractivity contribution in [3.63, 3.8) is 0 Å². The molecule has 0 heterocycles. The van der Waals surface area contributed by atoms with Crippen LogP contribution in [0.3, 0.4) is 0 Å². The van der Waals surface area contributed by atoms with E-state index in [1.807, 2.05) is 59.5 Å². The number of rotatable bonds is 6. The minimum absolute atomic E-state index is 0.0512. The summed E-state index contributed by atoms with van der Waals surface area (Å²) in [5, 5.41) is 8.97. The monoisotopic (exact) mass is 284 g/mol. The van der Waals surface area contributed by atoms with Crippen LogP contribution in [0.2, 0.25) is 0 Å². The van der Waals surface area contributed by atoms with Crippen molar-refractivity contribution in [2.75, 3.05) is 17.2 Å². The summed E-state index contributed by atoms with van der Waals surface area (Å²) in [6, 6.07) is 17.6. The fourth-order valence-electron chi connectivity index (χ4n) is 2.40. The minimum atomic E-state index is -0.810. The van der Waals surface area contributed by atoms with E-state index in [4.69, 9.17) is 10.8 Å². The number of anilines is 2. The zero-order valence-electron chi connectivity index (χ0n) is 12.1. The van der Waals surface area contributed by atoms with Crippen LogP contribution < -0.4 is 10.6 Å². The molecule has 2 rings (SSSR count). The standard InChI is InChI=1S/C17H20N2O2/c1-13(14-7-3-2-4-8-14)19(12-11-17(20)21)16-10-6-5-9-15(16)18/h2-10,13H,11-12,18H2,1H3,(H,20,21). The Morgan fingerprint density at radius 1 is 1.14 bits per heavy atom. The van der Waals surface area contributed by atoms with Crippen molar-refractivity contribution in [2.45, 2.75) is 19.4 Å². The van der Waals surface area contributed by atoms with E-state index in [0.29, 0.717) is 12.2 Å². The number of nitrogen functional groups attached to an aromatic ring is 1. The molecule has 0 saturated carbocycles. The highest BCUT2D eigenvalue weighted by atomic mass is 16.4. The van der Waals surface area contributed by atoms with Crippen molar-refractivity contribution < 1.29 is 9.90 Å². The zero-order chi connectivity index (χ0) is 15.2. The van der Waals surface area contributed by atoms with Crippen LogP contribution in [0.25, 0.3) is 0 Å². The average Bonchev–Trinajstić information content (AvgIpc) is 2.49. The molecule has 0 aliphatic heterocycles. The molecule has 21 heavy (non-hydrogen) atoms. The Kier molecular flexibility index (Phi) is 4.82. The Balaban J connectivity index is 2.32. The van der Waals surface area contributed by atoms with E-state index in [-0.39, 0.29) is 12.5 Å². The largest absolute Gasteiger partial charge is 0.481 e. The van der Waals surface area contributed by atoms with E-state index < -0.39 is 5.97 Å². The summed E-state index contributed by atoms with van der Waals surface area (Å²) in [6.07, 6.45) is 0.0749. The van der Waals surface area contributed by atoms with Gasteiger partial charge in [-0.2, -0.15) is 0 Å². The maximum absolute atomic E-state index is 10.9. The molecule has 2 aromatic carbocycles. The topological polar surface area (TPSA) is 66.6 Å². The van der Waals surface area contributed by atoms with Crippen LogP contribution in [0.15, 0.2) is 54.6 Å². The molecule has 3 N–H and O–H groups in total. The summed E-state index contributed by atoms with van der Waals surface area (Å²) in [4.78, 5) is 13.0. The van der Waals surface area contributed by atoms with E-state index >= 15 is 0 Å². The lowest BCUT2D eigenvalue weighted by atomic mass is 10.1. The zero-order valence-corrected chi connectivity index (χ0v) is 12.1. The SMILES string of the molecule is CC(c1ccccc1)N(CCC(=O)O)c1ccccc1N. The number of hydrogen-bond donors (Lipinski definition) is 2. The van der Waals surface area contributed by atoms with Gasteiger partial charge < -0.3 is 15.7 Å². The summed E-state index contributed by atoms with van der Waals surface area (Å²) < 4.78 is 0. The molecular formula is C17H20N2O2. The average molecular weight is 284 g/mol. The van der Waals surface area contributed by atoms with Gasteiger partial charge in [0, 0.05) is 6.54 Å². The van der Waals surface area contributed by atoms with Crippen molar-refractivity contribution in [3.05, 3.63) is 60.2 Å². The smallest absolute Gasteiger partial charge is 0.305 e. The summed E-state index contributed by atoms with van der Waals surface area (Å²) in [5.41, 5.74) is 8.71. The van der Waals surface area contributed by atoms with Crippen LogP contribution in [-0.4, -0.2) is 17.6 Å². The number of hydrogen-bond acceptors (Lipinski definition) is 3. The Morgan fingerprint density at radius 3 is 2.38 bits per heavy atom. The van der Waals surface area contributed by atoms with Gasteiger partial charge in [0.05, 0.1) is 23.8 Å². The molecule has 4 nitrogen and oxygen atoms in total. The van der Waals surface area contributed by atoms with Crippen molar-refractivity contribution in [2.24, 2.45) is 0 Å². The summed E-state index contributed by atoms with van der Waals surface area (Å²) in [5.74, 6) is -0.810. The molecule has 1 atom stereocenters. The highest BCUT2D eigenvalue weighted by Crippen LogP contribution is 2.31. The van der Waals surface area contributed by atoms with E-state index in [1.165, 1.54) is 0 Å². The lowest BCUT2D eigenvalue weighted by Crippen LogP contribution is -2.30. The van der Waals surface area contributed by atoms with Gasteiger partial charge in [-0.15, -0.1) is 0 Å². The summed E-state index contributed by atoms with van der Waals surface area (Å²) in [6.45, 7) is 2.48.